The number of fused-ring (bicyclic) bond motifs is 2. The Balaban J connectivity index is 1.39. The third kappa shape index (κ3) is 2.69. The minimum atomic E-state index is -0.103. The lowest BCUT2D eigenvalue weighted by Crippen LogP contribution is -2.57. The molecule has 0 unspecified atom stereocenters. The molecular weight excluding hydrogens is 380 g/mol. The highest BCUT2D eigenvalue weighted by Gasteiger charge is 2.82. The van der Waals surface area contributed by atoms with E-state index >= 15 is 0 Å². The molecule has 0 aromatic heterocycles. The molecule has 176 valence electrons. The first-order chi connectivity index (χ1) is 14.4. The molecule has 0 amide bonds. The van der Waals surface area contributed by atoms with E-state index < -0.39 is 0 Å². The molecule has 1 N–H and O–H groups in total. The minimum Gasteiger partial charge on any atom is -0.393 e. The number of Topliss-reactive ketones (excluding diaryl/α,β-unsaturated/α-hetero) is 1. The molecule has 5 aliphatic carbocycles. The van der Waals surface area contributed by atoms with Crippen molar-refractivity contribution in [3.05, 3.63) is 0 Å². The first kappa shape index (κ1) is 22.4. The summed E-state index contributed by atoms with van der Waals surface area (Å²) in [5.41, 5.74) is 2.19. The molecule has 0 saturated heterocycles. The van der Waals surface area contributed by atoms with Crippen LogP contribution >= 0.6 is 0 Å². The van der Waals surface area contributed by atoms with Crippen LogP contribution in [-0.4, -0.2) is 17.0 Å². The zero-order valence-corrected chi connectivity index (χ0v) is 21.2. The van der Waals surface area contributed by atoms with Crippen LogP contribution in [0.2, 0.25) is 0 Å². The van der Waals surface area contributed by atoms with E-state index in [-0.39, 0.29) is 11.5 Å². The molecule has 0 heterocycles. The standard InChI is InChI=1S/C29H48O2/c1-19(8-7-9-20(2)30)21-12-14-27(6)23-11-10-22-25(3,4)24(31)13-15-28(22)18-29(23,28)17-16-26(21,27)5/h19,21-24,31H,7-18H2,1-6H3/t19-,21-,22+,23+,24+,26-,27+,28-,29+/m1/s1. The molecule has 2 heteroatoms. The second-order valence-corrected chi connectivity index (χ2v) is 14.1. The van der Waals surface area contributed by atoms with Crippen molar-refractivity contribution in [3.8, 4) is 0 Å². The van der Waals surface area contributed by atoms with Gasteiger partial charge in [-0.05, 0) is 122 Å². The number of carbonyl (C=O) groups is 1. The fourth-order valence-corrected chi connectivity index (χ4v) is 11.2. The third-order valence-corrected chi connectivity index (χ3v) is 13.0. The number of hydrogen-bond donors (Lipinski definition) is 1. The van der Waals surface area contributed by atoms with Gasteiger partial charge in [-0.15, -0.1) is 0 Å². The molecule has 0 aliphatic heterocycles. The van der Waals surface area contributed by atoms with E-state index in [2.05, 4.69) is 34.6 Å². The van der Waals surface area contributed by atoms with Gasteiger partial charge in [-0.25, -0.2) is 0 Å². The van der Waals surface area contributed by atoms with Crippen molar-refractivity contribution < 1.29 is 9.90 Å². The van der Waals surface area contributed by atoms with Crippen LogP contribution in [-0.2, 0) is 4.79 Å². The van der Waals surface area contributed by atoms with E-state index in [1.807, 2.05) is 0 Å². The lowest BCUT2D eigenvalue weighted by Gasteiger charge is -2.63. The molecular formula is C29H48O2. The Hall–Kier alpha value is -0.370. The number of aliphatic hydroxyl groups excluding tert-OH is 1. The normalized spacial score (nSPS) is 53.0. The topological polar surface area (TPSA) is 37.3 Å². The highest BCUT2D eigenvalue weighted by atomic mass is 16.3. The molecule has 5 fully saturated rings. The molecule has 5 aliphatic rings. The molecule has 31 heavy (non-hydrogen) atoms. The monoisotopic (exact) mass is 428 g/mol. The first-order valence-electron chi connectivity index (χ1n) is 13.6. The summed E-state index contributed by atoms with van der Waals surface area (Å²) in [6.45, 7) is 14.4. The van der Waals surface area contributed by atoms with Gasteiger partial charge in [-0.2, -0.15) is 0 Å². The lowest BCUT2D eigenvalue weighted by atomic mass is 9.41. The molecule has 0 radical (unpaired) electrons. The summed E-state index contributed by atoms with van der Waals surface area (Å²) in [6, 6.07) is 0. The maximum atomic E-state index is 11.5. The van der Waals surface area contributed by atoms with Gasteiger partial charge < -0.3 is 9.90 Å². The van der Waals surface area contributed by atoms with Gasteiger partial charge in [0.15, 0.2) is 0 Å². The average molecular weight is 429 g/mol. The second kappa shape index (κ2) is 6.83. The number of aliphatic hydroxyl groups is 1. The summed E-state index contributed by atoms with van der Waals surface area (Å²) in [5.74, 6) is 3.56. The molecule has 9 atom stereocenters. The van der Waals surface area contributed by atoms with Crippen molar-refractivity contribution in [3.63, 3.8) is 0 Å². The fraction of sp³-hybridized carbons (Fsp3) is 0.966. The minimum absolute atomic E-state index is 0.0951. The van der Waals surface area contributed by atoms with Crippen LogP contribution in [0.4, 0.5) is 0 Å². The highest BCUT2D eigenvalue weighted by molar-refractivity contribution is 5.75. The maximum absolute atomic E-state index is 11.5. The Kier molecular flexibility index (Phi) is 4.94. The summed E-state index contributed by atoms with van der Waals surface area (Å²) in [5, 5.41) is 10.8. The van der Waals surface area contributed by atoms with Crippen molar-refractivity contribution in [2.45, 2.75) is 125 Å². The van der Waals surface area contributed by atoms with Crippen LogP contribution in [0.25, 0.3) is 0 Å². The molecule has 0 aromatic carbocycles. The largest absolute Gasteiger partial charge is 0.393 e. The van der Waals surface area contributed by atoms with Gasteiger partial charge >= 0.3 is 0 Å². The number of carbonyl (C=O) groups excluding carboxylic acids is 1. The van der Waals surface area contributed by atoms with Crippen LogP contribution in [0.15, 0.2) is 0 Å². The Morgan fingerprint density at radius 1 is 0.903 bits per heavy atom. The zero-order chi connectivity index (χ0) is 22.4. The Labute approximate surface area is 191 Å². The summed E-state index contributed by atoms with van der Waals surface area (Å²) < 4.78 is 0. The first-order valence-corrected chi connectivity index (χ1v) is 13.6. The van der Waals surface area contributed by atoms with Gasteiger partial charge in [0.25, 0.3) is 0 Å². The summed E-state index contributed by atoms with van der Waals surface area (Å²) in [4.78, 5) is 11.5. The zero-order valence-electron chi connectivity index (χ0n) is 21.2. The molecule has 2 nitrogen and oxygen atoms in total. The summed E-state index contributed by atoms with van der Waals surface area (Å²) in [7, 11) is 0. The molecule has 2 spiro atoms. The van der Waals surface area contributed by atoms with Gasteiger partial charge in [0.1, 0.15) is 5.78 Å². The number of rotatable bonds is 5. The Morgan fingerprint density at radius 3 is 2.29 bits per heavy atom. The van der Waals surface area contributed by atoms with Crippen molar-refractivity contribution in [1.29, 1.82) is 0 Å². The maximum Gasteiger partial charge on any atom is 0.129 e. The second-order valence-electron chi connectivity index (χ2n) is 14.1. The smallest absolute Gasteiger partial charge is 0.129 e. The number of ketones is 1. The molecule has 0 aromatic rings. The number of hydrogen-bond acceptors (Lipinski definition) is 2. The predicted molar refractivity (Wildman–Crippen MR) is 127 cm³/mol. The van der Waals surface area contributed by atoms with Gasteiger partial charge in [-0.3, -0.25) is 0 Å². The van der Waals surface area contributed by atoms with Gasteiger partial charge in [0.05, 0.1) is 6.10 Å². The fourth-order valence-electron chi connectivity index (χ4n) is 11.2. The van der Waals surface area contributed by atoms with Gasteiger partial charge in [0.2, 0.25) is 0 Å². The van der Waals surface area contributed by atoms with E-state index in [0.29, 0.717) is 27.4 Å². The van der Waals surface area contributed by atoms with Crippen LogP contribution < -0.4 is 0 Å². The van der Waals surface area contributed by atoms with E-state index in [1.54, 1.807) is 6.92 Å². The predicted octanol–water partition coefficient (Wildman–Crippen LogP) is 7.18. The SMILES string of the molecule is CC(=O)CCC[C@@H](C)[C@H]1CC[C@@]2(C)[C@@H]3CC[C@H]4C(C)(C)[C@@H](O)CC[C@@]45C[C@@]35CC[C@]12C. The van der Waals surface area contributed by atoms with E-state index in [0.717, 1.165) is 42.9 Å². The van der Waals surface area contributed by atoms with Gasteiger partial charge in [0, 0.05) is 6.42 Å². The average Bonchev–Trinajstić information content (AvgIpc) is 3.27. The van der Waals surface area contributed by atoms with Crippen molar-refractivity contribution in [1.82, 2.24) is 0 Å². The quantitative estimate of drug-likeness (QED) is 0.503. The molecule has 5 saturated carbocycles. The Bertz CT molecular complexity index is 756. The third-order valence-electron chi connectivity index (χ3n) is 13.0. The van der Waals surface area contributed by atoms with Crippen molar-refractivity contribution in [2.24, 2.45) is 50.7 Å². The van der Waals surface area contributed by atoms with Crippen LogP contribution in [0.5, 0.6) is 0 Å². The molecule has 0 bridgehead atoms. The van der Waals surface area contributed by atoms with Crippen molar-refractivity contribution in [2.75, 3.05) is 0 Å². The Morgan fingerprint density at radius 2 is 1.58 bits per heavy atom. The van der Waals surface area contributed by atoms with Gasteiger partial charge in [-0.1, -0.05) is 41.0 Å². The van der Waals surface area contributed by atoms with E-state index in [1.165, 1.54) is 57.8 Å². The summed E-state index contributed by atoms with van der Waals surface area (Å²) in [6.07, 6.45) is 15.2. The van der Waals surface area contributed by atoms with Crippen LogP contribution in [0.1, 0.15) is 119 Å². The van der Waals surface area contributed by atoms with Crippen LogP contribution in [0.3, 0.4) is 0 Å². The lowest BCUT2D eigenvalue weighted by molar-refractivity contribution is -0.161. The van der Waals surface area contributed by atoms with Crippen LogP contribution in [0, 0.1) is 50.7 Å². The van der Waals surface area contributed by atoms with Crippen molar-refractivity contribution >= 4 is 5.78 Å². The summed E-state index contributed by atoms with van der Waals surface area (Å²) >= 11 is 0. The highest BCUT2D eigenvalue weighted by Crippen LogP contribution is 2.89. The van der Waals surface area contributed by atoms with E-state index in [9.17, 15) is 9.90 Å². The van der Waals surface area contributed by atoms with E-state index in [4.69, 9.17) is 0 Å². The molecule has 5 rings (SSSR count).